The number of oxime groups is 2. The summed E-state index contributed by atoms with van der Waals surface area (Å²) in [5.74, 6) is -1.12. The van der Waals surface area contributed by atoms with Crippen molar-refractivity contribution < 1.29 is 43.7 Å². The van der Waals surface area contributed by atoms with Crippen LogP contribution in [0.4, 0.5) is 0 Å². The van der Waals surface area contributed by atoms with Crippen molar-refractivity contribution in [2.75, 3.05) is 14.1 Å². The van der Waals surface area contributed by atoms with Gasteiger partial charge in [-0.3, -0.25) is 4.79 Å². The van der Waals surface area contributed by atoms with Gasteiger partial charge in [0.15, 0.2) is 11.2 Å². The lowest BCUT2D eigenvalue weighted by Crippen LogP contribution is -2.31. The molecule has 2 atom stereocenters. The van der Waals surface area contributed by atoms with Crippen LogP contribution in [-0.4, -0.2) is 80.5 Å². The lowest BCUT2D eigenvalue weighted by atomic mass is 9.77. The largest absolute Gasteiger partial charge is 0.492 e. The molecule has 1 amide bonds. The first kappa shape index (κ1) is 62.7. The van der Waals surface area contributed by atoms with Crippen LogP contribution in [0, 0.1) is 0 Å². The van der Waals surface area contributed by atoms with Crippen molar-refractivity contribution in [3.63, 3.8) is 0 Å². The van der Waals surface area contributed by atoms with Crippen LogP contribution in [-0.2, 0) is 54.5 Å². The fourth-order valence-corrected chi connectivity index (χ4v) is 12.1. The van der Waals surface area contributed by atoms with E-state index < -0.39 is 37.0 Å². The molecule has 83 heavy (non-hydrogen) atoms. The van der Waals surface area contributed by atoms with Gasteiger partial charge in [0, 0.05) is 87.7 Å². The molecule has 0 bridgehead atoms. The van der Waals surface area contributed by atoms with Gasteiger partial charge in [0.1, 0.15) is 11.4 Å². The number of halogens is 5. The van der Waals surface area contributed by atoms with Crippen LogP contribution in [0.1, 0.15) is 127 Å². The summed E-state index contributed by atoms with van der Waals surface area (Å²) in [6.07, 6.45) is 4.62. The molecule has 4 aliphatic rings. The molecule has 0 spiro atoms. The molecule has 2 unspecified atom stereocenters. The van der Waals surface area contributed by atoms with E-state index in [0.717, 1.165) is 84.4 Å². The van der Waals surface area contributed by atoms with Crippen molar-refractivity contribution in [1.82, 2.24) is 19.0 Å². The van der Waals surface area contributed by atoms with E-state index in [-0.39, 0.29) is 37.0 Å². The van der Waals surface area contributed by atoms with Crippen LogP contribution in [0.2, 0.25) is 20.1 Å². The van der Waals surface area contributed by atoms with Gasteiger partial charge in [-0.25, -0.2) is 4.79 Å². The summed E-state index contributed by atoms with van der Waals surface area (Å²) in [6, 6.07) is 37.2. The molecule has 0 fully saturated rings. The van der Waals surface area contributed by atoms with Gasteiger partial charge >= 0.3 is 20.2 Å². The van der Waals surface area contributed by atoms with Crippen molar-refractivity contribution in [1.29, 1.82) is 0 Å². The number of carbonyl (C=O) groups is 2. The van der Waals surface area contributed by atoms with Crippen molar-refractivity contribution in [2.24, 2.45) is 10.3 Å². The Morgan fingerprint density at radius 3 is 1.49 bits per heavy atom. The number of rotatable bonds is 10. The maximum Gasteiger partial charge on any atom is 0.492 e. The monoisotopic (exact) mass is 1220 g/mol. The lowest BCUT2D eigenvalue weighted by Gasteiger charge is -2.22. The highest BCUT2D eigenvalue weighted by molar-refractivity contribution is 6.62. The average molecular weight is 1220 g/mol. The van der Waals surface area contributed by atoms with Crippen molar-refractivity contribution in [2.45, 2.75) is 97.3 Å². The molecule has 4 aliphatic heterocycles. The van der Waals surface area contributed by atoms with Crippen molar-refractivity contribution >= 4 is 118 Å². The highest BCUT2D eigenvalue weighted by Crippen LogP contribution is 2.41. The number of nitrogens with zero attached hydrogens (tertiary/aromatic N) is 5. The Hall–Kier alpha value is -6.34. The standard InChI is InChI=1S/C30H28BCl2N3O4.C19H14Cl2N2O3.C11H16BNO2.CH4.ClH/c1-29(2)23-9-7-18(12-24(23)31(38)39-29)17-35(4)28(37)27-10-8-22(26-6-5-11-36(26)27)25-16-30(3,40-34-25)19-13-20(32)15-21(33)14-19;1-19(11-7-12(20)9-13(21)8-11)10-15(22-26-19)14-4-5-17(18(24)25)23-6-2-3-16(14)23;1-11(2)9-5-4-8(7-13-3)6-10(9)12(14)15-11;;/h5-15,38H,16-17H2,1-4H3;2-9H,10H2,1H3,(H,24,25);4-6,13-14H,7H2,1-3H3;1H4;1H. The van der Waals surface area contributed by atoms with Crippen LogP contribution in [0.5, 0.6) is 0 Å². The maximum absolute atomic E-state index is 13.6. The van der Waals surface area contributed by atoms with E-state index in [1.807, 2.05) is 144 Å². The number of amides is 1. The number of hydrogen-bond donors (Lipinski definition) is 4. The predicted octanol–water partition coefficient (Wildman–Crippen LogP) is 11.9. The van der Waals surface area contributed by atoms with E-state index in [9.17, 15) is 24.7 Å². The van der Waals surface area contributed by atoms with E-state index >= 15 is 0 Å². The molecule has 4 N–H and O–H groups in total. The summed E-state index contributed by atoms with van der Waals surface area (Å²) in [6.45, 7) is 12.9. The lowest BCUT2D eigenvalue weighted by molar-refractivity contribution is -0.00755. The molecule has 12 rings (SSSR count). The molecular formula is C61H63B2Cl5N6O9. The zero-order valence-electron chi connectivity index (χ0n) is 46.1. The molecule has 0 radical (unpaired) electrons. The Labute approximate surface area is 509 Å². The van der Waals surface area contributed by atoms with Gasteiger partial charge in [-0.2, -0.15) is 0 Å². The van der Waals surface area contributed by atoms with E-state index in [4.69, 9.17) is 65.4 Å². The topological polar surface area (TPSA) is 181 Å². The number of hydrogen-bond acceptors (Lipinski definition) is 11. The summed E-state index contributed by atoms with van der Waals surface area (Å²) in [5.41, 5.74) is 10.7. The van der Waals surface area contributed by atoms with Crippen LogP contribution in [0.25, 0.3) is 11.0 Å². The number of benzene rings is 4. The Bertz CT molecular complexity index is 3830. The fourth-order valence-electron chi connectivity index (χ4n) is 11.0. The molecule has 0 saturated heterocycles. The first-order chi connectivity index (χ1) is 38.4. The normalized spacial score (nSPS) is 18.7. The molecule has 4 aromatic heterocycles. The average Bonchev–Trinajstić information content (AvgIpc) is 4.42. The highest BCUT2D eigenvalue weighted by Gasteiger charge is 2.43. The van der Waals surface area contributed by atoms with E-state index in [2.05, 4.69) is 21.7 Å². The van der Waals surface area contributed by atoms with Gasteiger partial charge in [-0.1, -0.05) is 101 Å². The predicted molar refractivity (Wildman–Crippen MR) is 333 cm³/mol. The molecule has 0 aliphatic carbocycles. The molecule has 22 heteroatoms. The molecule has 8 aromatic rings. The number of pyridine rings is 2. The first-order valence-corrected chi connectivity index (χ1v) is 27.6. The van der Waals surface area contributed by atoms with Gasteiger partial charge in [0.2, 0.25) is 0 Å². The summed E-state index contributed by atoms with van der Waals surface area (Å²) in [4.78, 5) is 38.3. The van der Waals surface area contributed by atoms with Gasteiger partial charge in [-0.05, 0) is 167 Å². The first-order valence-electron chi connectivity index (χ1n) is 26.1. The Balaban J connectivity index is 0.000000179. The van der Waals surface area contributed by atoms with Crippen molar-refractivity contribution in [3.8, 4) is 0 Å². The van der Waals surface area contributed by atoms with Crippen LogP contribution in [0.3, 0.4) is 0 Å². The third kappa shape index (κ3) is 12.6. The van der Waals surface area contributed by atoms with Crippen LogP contribution >= 0.6 is 58.8 Å². The second-order valence-corrected chi connectivity index (χ2v) is 23.7. The summed E-state index contributed by atoms with van der Waals surface area (Å²) in [7, 11) is 1.92. The van der Waals surface area contributed by atoms with Gasteiger partial charge in [0.05, 0.1) is 33.7 Å². The van der Waals surface area contributed by atoms with Crippen molar-refractivity contribution in [3.05, 3.63) is 210 Å². The number of carboxylic acids is 1. The van der Waals surface area contributed by atoms with E-state index in [0.29, 0.717) is 45.2 Å². The number of aromatic nitrogens is 2. The number of aromatic carboxylic acids is 1. The third-order valence-corrected chi connectivity index (χ3v) is 16.0. The Kier molecular flexibility index (Phi) is 18.4. The Morgan fingerprint density at radius 2 is 1.05 bits per heavy atom. The number of nitrogens with one attached hydrogen (secondary N) is 1. The quantitative estimate of drug-likeness (QED) is 0.0963. The molecular weight excluding hydrogens is 1160 g/mol. The summed E-state index contributed by atoms with van der Waals surface area (Å²) < 4.78 is 14.7. The highest BCUT2D eigenvalue weighted by atomic mass is 35.5. The number of fused-ring (bicyclic) bond motifs is 4. The Morgan fingerprint density at radius 1 is 0.627 bits per heavy atom. The SMILES string of the molecule is C.CC1(c2cc(Cl)cc(Cl)c2)CC(c2ccc(C(=O)O)n3cccc23)=NO1.CN(Cc1ccc2c(c1)B(O)OC2(C)C)C(=O)c1ccc(C2=NOC(C)(c3cc(Cl)cc(Cl)c3)C2)c2cccn12.CNCc1ccc2c(c1)B(O)OC2(C)C.Cl. The van der Waals surface area contributed by atoms with Gasteiger partial charge in [-0.15, -0.1) is 12.4 Å². The fraction of sp³-hybridized carbons (Fsp3) is 0.279. The molecule has 4 aromatic carbocycles. The smallest absolute Gasteiger partial charge is 0.477 e. The summed E-state index contributed by atoms with van der Waals surface area (Å²) in [5, 5.41) is 43.4. The van der Waals surface area contributed by atoms with Gasteiger partial charge in [0.25, 0.3) is 5.91 Å². The van der Waals surface area contributed by atoms with Crippen LogP contribution in [0.15, 0.2) is 144 Å². The second-order valence-electron chi connectivity index (χ2n) is 22.0. The second kappa shape index (κ2) is 24.3. The minimum atomic E-state index is -0.985. The van der Waals surface area contributed by atoms with E-state index in [1.54, 1.807) is 52.9 Å². The van der Waals surface area contributed by atoms with Gasteiger partial charge < -0.3 is 53.2 Å². The minimum absolute atomic E-state index is 0. The maximum atomic E-state index is 13.6. The van der Waals surface area contributed by atoms with Crippen LogP contribution < -0.4 is 16.2 Å². The number of carboxylic acid groups (broad SMARTS) is 1. The number of carbonyl (C=O) groups excluding carboxylic acids is 1. The zero-order chi connectivity index (χ0) is 57.9. The molecule has 15 nitrogen and oxygen atoms in total. The zero-order valence-corrected chi connectivity index (χ0v) is 50.0. The third-order valence-electron chi connectivity index (χ3n) is 15.1. The van der Waals surface area contributed by atoms with E-state index in [1.165, 1.54) is 0 Å². The molecule has 432 valence electrons. The molecule has 8 heterocycles. The molecule has 0 saturated carbocycles. The minimum Gasteiger partial charge on any atom is -0.477 e. The summed E-state index contributed by atoms with van der Waals surface area (Å²) >= 11 is 24.7.